The van der Waals surface area contributed by atoms with Crippen molar-refractivity contribution < 1.29 is 9.59 Å². The van der Waals surface area contributed by atoms with Gasteiger partial charge in [-0.05, 0) is 76.6 Å². The number of benzene rings is 2. The highest BCUT2D eigenvalue weighted by Gasteiger charge is 2.18. The molecule has 3 aromatic rings. The molecule has 7 heteroatoms. The summed E-state index contributed by atoms with van der Waals surface area (Å²) in [6, 6.07) is 14.5. The molecule has 2 amide bonds. The van der Waals surface area contributed by atoms with Crippen molar-refractivity contribution in [2.45, 2.75) is 40.2 Å². The van der Waals surface area contributed by atoms with Gasteiger partial charge in [0.25, 0.3) is 11.8 Å². The molecule has 0 spiro atoms. The van der Waals surface area contributed by atoms with E-state index in [2.05, 4.69) is 20.9 Å². The molecule has 0 saturated heterocycles. The first-order valence-electron chi connectivity index (χ1n) is 9.37. The Kier molecular flexibility index (Phi) is 5.50. The lowest BCUT2D eigenvalue weighted by Crippen LogP contribution is -2.40. The van der Waals surface area contributed by atoms with E-state index in [9.17, 15) is 9.59 Å². The highest BCUT2D eigenvalue weighted by Crippen LogP contribution is 2.16. The molecule has 29 heavy (non-hydrogen) atoms. The maximum absolute atomic E-state index is 12.6. The van der Waals surface area contributed by atoms with Crippen molar-refractivity contribution in [2.24, 2.45) is 0 Å². The Hall–Kier alpha value is -3.48. The lowest BCUT2D eigenvalue weighted by molar-refractivity contribution is 0.0919. The van der Waals surface area contributed by atoms with Gasteiger partial charge in [0.1, 0.15) is 0 Å². The van der Waals surface area contributed by atoms with Crippen molar-refractivity contribution in [3.63, 3.8) is 0 Å². The van der Waals surface area contributed by atoms with E-state index >= 15 is 0 Å². The molecule has 3 rings (SSSR count). The second-order valence-corrected chi connectivity index (χ2v) is 8.01. The minimum absolute atomic E-state index is 0.160. The van der Waals surface area contributed by atoms with Gasteiger partial charge in [0.05, 0.1) is 11.4 Å². The number of hydrogen-bond donors (Lipinski definition) is 2. The van der Waals surface area contributed by atoms with Crippen LogP contribution in [-0.4, -0.2) is 32.3 Å². The highest BCUT2D eigenvalue weighted by molar-refractivity contribution is 6.04. The van der Waals surface area contributed by atoms with Crippen molar-refractivity contribution in [3.8, 4) is 5.69 Å². The molecule has 0 fully saturated rings. The van der Waals surface area contributed by atoms with Crippen LogP contribution in [-0.2, 0) is 0 Å². The Morgan fingerprint density at radius 3 is 2.28 bits per heavy atom. The summed E-state index contributed by atoms with van der Waals surface area (Å²) in [4.78, 5) is 24.8. The minimum Gasteiger partial charge on any atom is -0.347 e. The van der Waals surface area contributed by atoms with Gasteiger partial charge in [-0.25, -0.2) is 4.68 Å². The molecule has 150 valence electrons. The molecular weight excluding hydrogens is 366 g/mol. The first kappa shape index (κ1) is 20.3. The van der Waals surface area contributed by atoms with Crippen LogP contribution in [0.4, 0.5) is 5.69 Å². The monoisotopic (exact) mass is 391 g/mol. The largest absolute Gasteiger partial charge is 0.347 e. The average Bonchev–Trinajstić information content (AvgIpc) is 3.02. The lowest BCUT2D eigenvalue weighted by atomic mass is 10.1. The fraction of sp³-hybridized carbons (Fsp3) is 0.273. The van der Waals surface area contributed by atoms with Gasteiger partial charge in [-0.1, -0.05) is 17.3 Å². The van der Waals surface area contributed by atoms with Crippen LogP contribution in [0.3, 0.4) is 0 Å². The predicted molar refractivity (Wildman–Crippen MR) is 112 cm³/mol. The lowest BCUT2D eigenvalue weighted by Gasteiger charge is -2.20. The van der Waals surface area contributed by atoms with Gasteiger partial charge in [0.2, 0.25) is 0 Å². The predicted octanol–water partition coefficient (Wildman–Crippen LogP) is 3.66. The summed E-state index contributed by atoms with van der Waals surface area (Å²) in [7, 11) is 0. The third-order valence-electron chi connectivity index (χ3n) is 4.25. The summed E-state index contributed by atoms with van der Waals surface area (Å²) >= 11 is 0. The highest BCUT2D eigenvalue weighted by atomic mass is 16.2. The number of amides is 2. The van der Waals surface area contributed by atoms with E-state index < -0.39 is 0 Å². The first-order chi connectivity index (χ1) is 13.6. The third kappa shape index (κ3) is 4.87. The molecule has 0 saturated carbocycles. The maximum Gasteiger partial charge on any atom is 0.278 e. The van der Waals surface area contributed by atoms with Gasteiger partial charge in [0, 0.05) is 16.8 Å². The van der Waals surface area contributed by atoms with E-state index in [1.54, 1.807) is 35.9 Å². The number of anilines is 1. The first-order valence-corrected chi connectivity index (χ1v) is 9.37. The second-order valence-electron chi connectivity index (χ2n) is 8.01. The fourth-order valence-corrected chi connectivity index (χ4v) is 2.85. The molecule has 0 aliphatic rings. The van der Waals surface area contributed by atoms with Gasteiger partial charge < -0.3 is 10.6 Å². The zero-order valence-corrected chi connectivity index (χ0v) is 17.3. The zero-order valence-electron chi connectivity index (χ0n) is 17.3. The Morgan fingerprint density at radius 2 is 1.66 bits per heavy atom. The Bertz CT molecular complexity index is 1050. The van der Waals surface area contributed by atoms with E-state index in [1.165, 1.54) is 0 Å². The summed E-state index contributed by atoms with van der Waals surface area (Å²) in [5.74, 6) is -0.513. The zero-order chi connectivity index (χ0) is 21.2. The quantitative estimate of drug-likeness (QED) is 0.710. The van der Waals surface area contributed by atoms with Crippen LogP contribution in [0.15, 0.2) is 48.5 Å². The topological polar surface area (TPSA) is 88.9 Å². The average molecular weight is 391 g/mol. The van der Waals surface area contributed by atoms with Crippen LogP contribution in [0.2, 0.25) is 0 Å². The molecule has 0 aliphatic carbocycles. The van der Waals surface area contributed by atoms with Crippen LogP contribution < -0.4 is 10.6 Å². The number of aromatic nitrogens is 3. The molecule has 0 bridgehead atoms. The Balaban J connectivity index is 1.73. The molecular formula is C22H25N5O2. The molecule has 0 radical (unpaired) electrons. The molecule has 2 N–H and O–H groups in total. The van der Waals surface area contributed by atoms with E-state index in [-0.39, 0.29) is 23.0 Å². The summed E-state index contributed by atoms with van der Waals surface area (Å²) in [6.07, 6.45) is 0. The summed E-state index contributed by atoms with van der Waals surface area (Å²) in [6.45, 7) is 9.56. The van der Waals surface area contributed by atoms with Crippen molar-refractivity contribution in [3.05, 3.63) is 71.0 Å². The third-order valence-corrected chi connectivity index (χ3v) is 4.25. The van der Waals surface area contributed by atoms with Crippen LogP contribution in [0, 0.1) is 13.8 Å². The summed E-state index contributed by atoms with van der Waals surface area (Å²) in [5, 5.41) is 13.9. The molecule has 7 nitrogen and oxygen atoms in total. The van der Waals surface area contributed by atoms with Gasteiger partial charge >= 0.3 is 0 Å². The van der Waals surface area contributed by atoms with Crippen LogP contribution in [0.5, 0.6) is 0 Å². The molecule has 1 aromatic heterocycles. The summed E-state index contributed by atoms with van der Waals surface area (Å²) < 4.78 is 1.64. The van der Waals surface area contributed by atoms with Gasteiger partial charge in [0.15, 0.2) is 5.69 Å². The number of carbonyl (C=O) groups is 2. The van der Waals surface area contributed by atoms with E-state index in [1.807, 2.05) is 52.0 Å². The number of carbonyl (C=O) groups excluding carboxylic acids is 2. The van der Waals surface area contributed by atoms with Crippen LogP contribution in [0.25, 0.3) is 5.69 Å². The van der Waals surface area contributed by atoms with Crippen molar-refractivity contribution in [2.75, 3.05) is 5.32 Å². The number of rotatable bonds is 4. The number of hydrogen-bond acceptors (Lipinski definition) is 4. The van der Waals surface area contributed by atoms with E-state index in [0.29, 0.717) is 16.9 Å². The van der Waals surface area contributed by atoms with Crippen LogP contribution >= 0.6 is 0 Å². The number of aryl methyl sites for hydroxylation is 1. The van der Waals surface area contributed by atoms with Gasteiger partial charge in [-0.15, -0.1) is 5.10 Å². The number of nitrogens with zero attached hydrogens (tertiary/aromatic N) is 3. The minimum atomic E-state index is -0.353. The van der Waals surface area contributed by atoms with Crippen molar-refractivity contribution >= 4 is 17.5 Å². The standard InChI is InChI=1S/C22H25N5O2/c1-14-7-6-8-18(13-14)27-15(2)19(25-26-27)21(29)23-17-11-9-16(10-12-17)20(28)24-22(3,4)5/h6-13H,1-5H3,(H,23,29)(H,24,28). The van der Waals surface area contributed by atoms with E-state index in [0.717, 1.165) is 11.3 Å². The van der Waals surface area contributed by atoms with Crippen molar-refractivity contribution in [1.82, 2.24) is 20.3 Å². The Morgan fingerprint density at radius 1 is 0.966 bits per heavy atom. The Labute approximate surface area is 170 Å². The van der Waals surface area contributed by atoms with Crippen molar-refractivity contribution in [1.29, 1.82) is 0 Å². The second kappa shape index (κ2) is 7.87. The summed E-state index contributed by atoms with van der Waals surface area (Å²) in [5.41, 5.74) is 3.63. The van der Waals surface area contributed by atoms with Gasteiger partial charge in [-0.2, -0.15) is 0 Å². The fourth-order valence-electron chi connectivity index (χ4n) is 2.85. The molecule has 0 aliphatic heterocycles. The smallest absolute Gasteiger partial charge is 0.278 e. The number of nitrogens with one attached hydrogen (secondary N) is 2. The normalized spacial score (nSPS) is 11.2. The SMILES string of the molecule is Cc1cccc(-n2nnc(C(=O)Nc3ccc(C(=O)NC(C)(C)C)cc3)c2C)c1. The van der Waals surface area contributed by atoms with E-state index in [4.69, 9.17) is 0 Å². The van der Waals surface area contributed by atoms with Crippen LogP contribution in [0.1, 0.15) is 52.9 Å². The molecule has 0 atom stereocenters. The maximum atomic E-state index is 12.6. The van der Waals surface area contributed by atoms with Gasteiger partial charge in [-0.3, -0.25) is 9.59 Å². The molecule has 0 unspecified atom stereocenters. The molecule has 2 aromatic carbocycles. The molecule has 1 heterocycles.